The van der Waals surface area contributed by atoms with E-state index in [9.17, 15) is 59.4 Å². The van der Waals surface area contributed by atoms with E-state index in [1.807, 2.05) is 0 Å². The van der Waals surface area contributed by atoms with E-state index in [0.29, 0.717) is 0 Å². The van der Waals surface area contributed by atoms with E-state index in [0.717, 1.165) is 10.8 Å². The molecule has 0 amide bonds. The molecular weight excluding hydrogens is 583 g/mol. The van der Waals surface area contributed by atoms with Crippen molar-refractivity contribution < 1.29 is 73.9 Å². The third-order valence-corrected chi connectivity index (χ3v) is 7.34. The smallest absolute Gasteiger partial charge is 0.367 e. The molecule has 0 bridgehead atoms. The maximum absolute atomic E-state index is 13.1. The van der Waals surface area contributed by atoms with Gasteiger partial charge in [0.15, 0.2) is 12.0 Å². The SMILES string of the molecule is Nc1ccn([C@@H]2O[C@H](COC(=O)C3(O)O[C@@H]([C@H](O)[C@H](O)CO)[C@H](N)[C@@H](O)C3C(=O)CP(=O)(O)O)[C@@H](O)[C@H]2O)c(=O)n1. The first-order chi connectivity index (χ1) is 18.9. The summed E-state index contributed by atoms with van der Waals surface area (Å²) in [7, 11) is -5.13. The number of esters is 1. The van der Waals surface area contributed by atoms with Gasteiger partial charge in [0.2, 0.25) is 0 Å². The number of aliphatic hydroxyl groups excluding tert-OH is 6. The first-order valence-corrected chi connectivity index (χ1v) is 13.6. The topological polar surface area (TPSA) is 348 Å². The summed E-state index contributed by atoms with van der Waals surface area (Å²) in [4.78, 5) is 59.8. The lowest BCUT2D eigenvalue weighted by Gasteiger charge is -2.47. The van der Waals surface area contributed by atoms with Crippen molar-refractivity contribution >= 4 is 25.2 Å². The highest BCUT2D eigenvalue weighted by Gasteiger charge is 2.63. The van der Waals surface area contributed by atoms with Crippen LogP contribution in [0.2, 0.25) is 0 Å². The monoisotopic (exact) mass is 614 g/mol. The number of carbonyl (C=O) groups is 2. The fourth-order valence-corrected chi connectivity index (χ4v) is 5.10. The van der Waals surface area contributed by atoms with E-state index in [1.165, 1.54) is 6.07 Å². The largest absolute Gasteiger partial charge is 0.459 e. The van der Waals surface area contributed by atoms with Gasteiger partial charge in [0.1, 0.15) is 61.1 Å². The Morgan fingerprint density at radius 3 is 2.39 bits per heavy atom. The average Bonchev–Trinajstić information content (AvgIpc) is 3.15. The molecular formula is C20H31N4O16P. The zero-order chi connectivity index (χ0) is 31.0. The van der Waals surface area contributed by atoms with E-state index in [1.54, 1.807) is 0 Å². The van der Waals surface area contributed by atoms with Crippen molar-refractivity contribution in [3.05, 3.63) is 22.7 Å². The number of nitrogens with two attached hydrogens (primary N) is 2. The standard InChI is InChI=1S/C20H31N4O16P/c21-9-1-2-24(19(33)23-9)17-15(31)13(29)8(39-17)4-38-18(32)20(34)10(7(27)5-41(35,36)37)14(30)11(22)16(40-20)12(28)6(26)3-25/h1-2,6,8,10-17,25-26,28-31,34H,3-5,22H2,(H2,21,23,33)(H2,35,36,37)/t6-,8-,10?,11-,12-,13-,14+,15-,16-,17-,20?/m1/s1. The molecule has 3 heterocycles. The molecule has 2 aliphatic heterocycles. The van der Waals surface area contributed by atoms with Crippen LogP contribution < -0.4 is 17.2 Å². The third kappa shape index (κ3) is 6.81. The molecule has 2 unspecified atom stereocenters. The van der Waals surface area contributed by atoms with Gasteiger partial charge < -0.3 is 71.2 Å². The minimum atomic E-state index is -5.13. The van der Waals surface area contributed by atoms with E-state index >= 15 is 0 Å². The molecule has 232 valence electrons. The van der Waals surface area contributed by atoms with Gasteiger partial charge in [-0.15, -0.1) is 0 Å². The zero-order valence-corrected chi connectivity index (χ0v) is 21.8. The predicted octanol–water partition coefficient (Wildman–Crippen LogP) is -7.16. The highest BCUT2D eigenvalue weighted by molar-refractivity contribution is 7.52. The summed E-state index contributed by atoms with van der Waals surface area (Å²) in [5.74, 6) is -9.74. The van der Waals surface area contributed by atoms with Crippen molar-refractivity contribution in [2.75, 3.05) is 25.1 Å². The van der Waals surface area contributed by atoms with Gasteiger partial charge in [-0.3, -0.25) is 13.9 Å². The normalized spacial score (nSPS) is 35.6. The Balaban J connectivity index is 1.86. The minimum absolute atomic E-state index is 0.148. The molecule has 41 heavy (non-hydrogen) atoms. The van der Waals surface area contributed by atoms with Crippen LogP contribution >= 0.6 is 7.60 Å². The fourth-order valence-electron chi connectivity index (χ4n) is 4.49. The highest BCUT2D eigenvalue weighted by Crippen LogP contribution is 2.41. The number of ether oxygens (including phenoxy) is 3. The van der Waals surface area contributed by atoms with E-state index in [2.05, 4.69) is 4.98 Å². The number of rotatable bonds is 10. The zero-order valence-electron chi connectivity index (χ0n) is 20.9. The second kappa shape index (κ2) is 12.4. The molecule has 0 saturated carbocycles. The minimum Gasteiger partial charge on any atom is -0.459 e. The molecule has 20 nitrogen and oxygen atoms in total. The number of nitrogen functional groups attached to an aromatic ring is 1. The van der Waals surface area contributed by atoms with Crippen LogP contribution in [-0.4, -0.2) is 141 Å². The third-order valence-electron chi connectivity index (χ3n) is 6.61. The van der Waals surface area contributed by atoms with E-state index in [4.69, 9.17) is 30.8 Å². The Labute approximate surface area is 229 Å². The van der Waals surface area contributed by atoms with Crippen LogP contribution in [0.4, 0.5) is 5.82 Å². The molecule has 0 aromatic carbocycles. The van der Waals surface area contributed by atoms with Gasteiger partial charge in [0.25, 0.3) is 5.79 Å². The summed E-state index contributed by atoms with van der Waals surface area (Å²) in [5, 5.41) is 71.7. The molecule has 3 rings (SSSR count). The molecule has 0 radical (unpaired) electrons. The molecule has 1 aromatic heterocycles. The molecule has 13 N–H and O–H groups in total. The van der Waals surface area contributed by atoms with Crippen LogP contribution in [0.15, 0.2) is 17.1 Å². The lowest BCUT2D eigenvalue weighted by Crippen LogP contribution is -2.72. The van der Waals surface area contributed by atoms with Gasteiger partial charge in [-0.2, -0.15) is 4.98 Å². The Kier molecular flexibility index (Phi) is 10.0. The number of hydrogen-bond donors (Lipinski definition) is 11. The van der Waals surface area contributed by atoms with E-state index < -0.39 is 111 Å². The predicted molar refractivity (Wildman–Crippen MR) is 128 cm³/mol. The van der Waals surface area contributed by atoms with Gasteiger partial charge in [-0.25, -0.2) is 9.59 Å². The summed E-state index contributed by atoms with van der Waals surface area (Å²) >= 11 is 0. The van der Waals surface area contributed by atoms with Crippen LogP contribution in [0.25, 0.3) is 0 Å². The van der Waals surface area contributed by atoms with Crippen LogP contribution in [-0.2, 0) is 28.4 Å². The summed E-state index contributed by atoms with van der Waals surface area (Å²) in [6.07, 6.45) is -15.7. The number of anilines is 1. The summed E-state index contributed by atoms with van der Waals surface area (Å²) in [6.45, 7) is -2.06. The molecule has 2 aliphatic rings. The van der Waals surface area contributed by atoms with Crippen molar-refractivity contribution in [1.82, 2.24) is 9.55 Å². The lowest BCUT2D eigenvalue weighted by molar-refractivity contribution is -0.314. The number of Topliss-reactive ketones (excluding diaryl/α,β-unsaturated/α-hetero) is 1. The summed E-state index contributed by atoms with van der Waals surface area (Å²) < 4.78 is 27.6. The number of hydrogen-bond acceptors (Lipinski definition) is 17. The van der Waals surface area contributed by atoms with Crippen molar-refractivity contribution in [3.63, 3.8) is 0 Å². The van der Waals surface area contributed by atoms with E-state index in [-0.39, 0.29) is 5.82 Å². The van der Waals surface area contributed by atoms with Crippen LogP contribution in [0.3, 0.4) is 0 Å². The van der Waals surface area contributed by atoms with Crippen LogP contribution in [0.5, 0.6) is 0 Å². The van der Waals surface area contributed by atoms with Gasteiger partial charge in [0, 0.05) is 6.20 Å². The Morgan fingerprint density at radius 2 is 1.83 bits per heavy atom. The highest BCUT2D eigenvalue weighted by atomic mass is 31.2. The second-order valence-corrected chi connectivity index (χ2v) is 11.2. The Bertz CT molecular complexity index is 1230. The first kappa shape index (κ1) is 33.1. The second-order valence-electron chi connectivity index (χ2n) is 9.54. The molecule has 2 saturated heterocycles. The quantitative estimate of drug-likeness (QED) is 0.0860. The Hall–Kier alpha value is -2.43. The molecule has 0 aliphatic carbocycles. The van der Waals surface area contributed by atoms with Gasteiger partial charge in [-0.1, -0.05) is 0 Å². The van der Waals surface area contributed by atoms with Crippen LogP contribution in [0, 0.1) is 5.92 Å². The maximum Gasteiger partial charge on any atom is 0.367 e. The first-order valence-electron chi connectivity index (χ1n) is 11.8. The number of nitrogens with zero attached hydrogens (tertiary/aromatic N) is 2. The lowest BCUT2D eigenvalue weighted by atomic mass is 9.79. The molecule has 0 spiro atoms. The van der Waals surface area contributed by atoms with Gasteiger partial charge in [-0.05, 0) is 6.07 Å². The maximum atomic E-state index is 13.1. The molecule has 21 heteroatoms. The van der Waals surface area contributed by atoms with Crippen molar-refractivity contribution in [2.45, 2.75) is 60.8 Å². The molecule has 11 atom stereocenters. The summed E-state index contributed by atoms with van der Waals surface area (Å²) in [6, 6.07) is -0.663. The van der Waals surface area contributed by atoms with Crippen molar-refractivity contribution in [3.8, 4) is 0 Å². The summed E-state index contributed by atoms with van der Waals surface area (Å²) in [5.41, 5.74) is 10.2. The molecule has 1 aromatic rings. The fraction of sp³-hybridized carbons (Fsp3) is 0.700. The van der Waals surface area contributed by atoms with Crippen molar-refractivity contribution in [2.24, 2.45) is 11.7 Å². The molecule has 2 fully saturated rings. The average molecular weight is 614 g/mol. The number of aliphatic hydroxyl groups is 7. The van der Waals surface area contributed by atoms with Crippen LogP contribution in [0.1, 0.15) is 6.23 Å². The van der Waals surface area contributed by atoms with Gasteiger partial charge >= 0.3 is 19.3 Å². The number of carbonyl (C=O) groups excluding carboxylic acids is 2. The Morgan fingerprint density at radius 1 is 1.20 bits per heavy atom. The van der Waals surface area contributed by atoms with Crippen molar-refractivity contribution in [1.29, 1.82) is 0 Å². The number of ketones is 1. The van der Waals surface area contributed by atoms with Gasteiger partial charge in [0.05, 0.1) is 18.8 Å². The number of aromatic nitrogens is 2.